The highest BCUT2D eigenvalue weighted by Gasteiger charge is 2.33. The van der Waals surface area contributed by atoms with E-state index in [1.807, 2.05) is 0 Å². The summed E-state index contributed by atoms with van der Waals surface area (Å²) in [5, 5.41) is 0. The molecule has 5 rings (SSSR count). The minimum Gasteiger partial charge on any atom is -0.493 e. The van der Waals surface area contributed by atoms with E-state index in [-0.39, 0.29) is 11.9 Å². The number of benzene rings is 2. The van der Waals surface area contributed by atoms with Gasteiger partial charge in [0.15, 0.2) is 0 Å². The van der Waals surface area contributed by atoms with Crippen LogP contribution in [0, 0.1) is 5.92 Å². The van der Waals surface area contributed by atoms with Crippen LogP contribution in [0.5, 0.6) is 5.75 Å². The number of esters is 1. The number of ether oxygens (including phenoxy) is 2. The van der Waals surface area contributed by atoms with Crippen LogP contribution in [-0.4, -0.2) is 37.7 Å². The summed E-state index contributed by atoms with van der Waals surface area (Å²) in [5.74, 6) is 1.07. The Balaban J connectivity index is 1.33. The molecule has 2 aliphatic heterocycles. The van der Waals surface area contributed by atoms with Crippen LogP contribution in [0.1, 0.15) is 42.0 Å². The molecule has 0 aromatic heterocycles. The summed E-state index contributed by atoms with van der Waals surface area (Å²) in [5.41, 5.74) is 6.87. The Hall–Kier alpha value is -2.33. The van der Waals surface area contributed by atoms with Gasteiger partial charge in [0.1, 0.15) is 5.75 Å². The van der Waals surface area contributed by atoms with Gasteiger partial charge in [0.2, 0.25) is 0 Å². The Kier molecular flexibility index (Phi) is 4.59. The molecule has 0 spiro atoms. The van der Waals surface area contributed by atoms with Gasteiger partial charge in [0, 0.05) is 12.5 Å². The second-order valence-electron chi connectivity index (χ2n) is 8.22. The SMILES string of the molecule is COC(=O)C1CCN(C2CCc3cc(-c4ccc5c(c4)CCO5)ccc32)CC1. The topological polar surface area (TPSA) is 38.8 Å². The largest absolute Gasteiger partial charge is 0.493 e. The van der Waals surface area contributed by atoms with Crippen LogP contribution in [0.3, 0.4) is 0 Å². The zero-order chi connectivity index (χ0) is 19.1. The molecule has 2 aromatic rings. The Labute approximate surface area is 166 Å². The lowest BCUT2D eigenvalue weighted by atomic mass is 9.94. The molecule has 1 aliphatic carbocycles. The second kappa shape index (κ2) is 7.25. The fraction of sp³-hybridized carbons (Fsp3) is 0.458. The van der Waals surface area contributed by atoms with E-state index < -0.39 is 0 Å². The predicted molar refractivity (Wildman–Crippen MR) is 108 cm³/mol. The normalized spacial score (nSPS) is 21.8. The summed E-state index contributed by atoms with van der Waals surface area (Å²) in [4.78, 5) is 14.4. The highest BCUT2D eigenvalue weighted by molar-refractivity contribution is 5.72. The number of fused-ring (bicyclic) bond motifs is 2. The van der Waals surface area contributed by atoms with Gasteiger partial charge in [-0.05, 0) is 78.7 Å². The molecular weight excluding hydrogens is 350 g/mol. The van der Waals surface area contributed by atoms with Gasteiger partial charge < -0.3 is 9.47 Å². The monoisotopic (exact) mass is 377 g/mol. The number of nitrogens with zero attached hydrogens (tertiary/aromatic N) is 1. The molecule has 1 saturated heterocycles. The van der Waals surface area contributed by atoms with Crippen molar-refractivity contribution in [3.63, 3.8) is 0 Å². The molecule has 2 aromatic carbocycles. The minimum atomic E-state index is -0.0455. The number of aryl methyl sites for hydroxylation is 1. The van der Waals surface area contributed by atoms with E-state index >= 15 is 0 Å². The van der Waals surface area contributed by atoms with Gasteiger partial charge in [-0.3, -0.25) is 9.69 Å². The maximum Gasteiger partial charge on any atom is 0.308 e. The number of methoxy groups -OCH3 is 1. The Morgan fingerprint density at radius 3 is 2.54 bits per heavy atom. The number of carbonyl (C=O) groups excluding carboxylic acids is 1. The Morgan fingerprint density at radius 2 is 1.75 bits per heavy atom. The number of carbonyl (C=O) groups is 1. The molecule has 2 heterocycles. The van der Waals surface area contributed by atoms with Crippen LogP contribution in [0.25, 0.3) is 11.1 Å². The lowest BCUT2D eigenvalue weighted by molar-refractivity contribution is -0.147. The standard InChI is InChI=1S/C24H27NO3/c1-27-24(26)16-8-11-25(12-9-16)22-6-3-19-14-17(2-5-21(19)22)18-4-7-23-20(15-18)10-13-28-23/h2,4-5,7,14-16,22H,3,6,8-13H2,1H3. The lowest BCUT2D eigenvalue weighted by Crippen LogP contribution is -2.38. The Morgan fingerprint density at radius 1 is 1.00 bits per heavy atom. The van der Waals surface area contributed by atoms with E-state index in [1.165, 1.54) is 41.3 Å². The van der Waals surface area contributed by atoms with E-state index in [2.05, 4.69) is 41.3 Å². The molecule has 146 valence electrons. The van der Waals surface area contributed by atoms with Crippen molar-refractivity contribution >= 4 is 5.97 Å². The van der Waals surface area contributed by atoms with Crippen molar-refractivity contribution in [2.24, 2.45) is 5.92 Å². The molecule has 1 fully saturated rings. The molecule has 0 saturated carbocycles. The molecule has 0 N–H and O–H groups in total. The maximum atomic E-state index is 11.8. The second-order valence-corrected chi connectivity index (χ2v) is 8.22. The fourth-order valence-electron chi connectivity index (χ4n) is 5.13. The fourth-order valence-corrected chi connectivity index (χ4v) is 5.13. The first-order valence-corrected chi connectivity index (χ1v) is 10.4. The van der Waals surface area contributed by atoms with E-state index in [1.54, 1.807) is 0 Å². The van der Waals surface area contributed by atoms with Crippen LogP contribution in [-0.2, 0) is 22.4 Å². The third-order valence-electron chi connectivity index (χ3n) is 6.72. The molecule has 1 atom stereocenters. The first kappa shape index (κ1) is 17.7. The molecule has 0 amide bonds. The van der Waals surface area contributed by atoms with Crippen LogP contribution in [0.4, 0.5) is 0 Å². The van der Waals surface area contributed by atoms with Gasteiger partial charge in [0.05, 0.1) is 19.6 Å². The number of rotatable bonds is 3. The van der Waals surface area contributed by atoms with E-state index in [0.717, 1.165) is 51.1 Å². The lowest BCUT2D eigenvalue weighted by Gasteiger charge is -2.35. The minimum absolute atomic E-state index is 0.0455. The van der Waals surface area contributed by atoms with Crippen molar-refractivity contribution in [1.29, 1.82) is 0 Å². The molecule has 3 aliphatic rings. The smallest absolute Gasteiger partial charge is 0.308 e. The zero-order valence-electron chi connectivity index (χ0n) is 16.4. The van der Waals surface area contributed by atoms with Gasteiger partial charge in [-0.15, -0.1) is 0 Å². The van der Waals surface area contributed by atoms with Crippen molar-refractivity contribution < 1.29 is 14.3 Å². The van der Waals surface area contributed by atoms with E-state index in [9.17, 15) is 4.79 Å². The third-order valence-corrected chi connectivity index (χ3v) is 6.72. The van der Waals surface area contributed by atoms with Gasteiger partial charge >= 0.3 is 5.97 Å². The summed E-state index contributed by atoms with van der Waals surface area (Å²) >= 11 is 0. The van der Waals surface area contributed by atoms with Crippen molar-refractivity contribution in [1.82, 2.24) is 4.90 Å². The van der Waals surface area contributed by atoms with Gasteiger partial charge in [-0.1, -0.05) is 24.3 Å². The molecule has 4 nitrogen and oxygen atoms in total. The number of hydrogen-bond acceptors (Lipinski definition) is 4. The summed E-state index contributed by atoms with van der Waals surface area (Å²) in [6.45, 7) is 2.77. The van der Waals surface area contributed by atoms with Crippen LogP contribution < -0.4 is 4.74 Å². The van der Waals surface area contributed by atoms with Gasteiger partial charge in [-0.25, -0.2) is 0 Å². The average molecular weight is 377 g/mol. The molecule has 0 radical (unpaired) electrons. The molecular formula is C24H27NO3. The van der Waals surface area contributed by atoms with Crippen molar-refractivity contribution in [3.05, 3.63) is 53.1 Å². The van der Waals surface area contributed by atoms with Crippen molar-refractivity contribution in [3.8, 4) is 16.9 Å². The first-order valence-electron chi connectivity index (χ1n) is 10.4. The van der Waals surface area contributed by atoms with Gasteiger partial charge in [0.25, 0.3) is 0 Å². The molecule has 1 unspecified atom stereocenters. The Bertz CT molecular complexity index is 899. The first-order chi connectivity index (χ1) is 13.7. The van der Waals surface area contributed by atoms with E-state index in [0.29, 0.717) is 6.04 Å². The quantitative estimate of drug-likeness (QED) is 0.753. The number of piperidine rings is 1. The highest BCUT2D eigenvalue weighted by Crippen LogP contribution is 2.40. The maximum absolute atomic E-state index is 11.8. The van der Waals surface area contributed by atoms with Crippen LogP contribution in [0.15, 0.2) is 36.4 Å². The highest BCUT2D eigenvalue weighted by atomic mass is 16.5. The summed E-state index contributed by atoms with van der Waals surface area (Å²) < 4.78 is 10.6. The average Bonchev–Trinajstić information content (AvgIpc) is 3.39. The predicted octanol–water partition coefficient (Wildman–Crippen LogP) is 4.16. The van der Waals surface area contributed by atoms with Crippen molar-refractivity contribution in [2.45, 2.75) is 38.1 Å². The van der Waals surface area contributed by atoms with Crippen molar-refractivity contribution in [2.75, 3.05) is 26.8 Å². The van der Waals surface area contributed by atoms with E-state index in [4.69, 9.17) is 9.47 Å². The number of hydrogen-bond donors (Lipinski definition) is 0. The third kappa shape index (κ3) is 3.10. The van der Waals surface area contributed by atoms with Crippen LogP contribution in [0.2, 0.25) is 0 Å². The number of likely N-dealkylation sites (tertiary alicyclic amines) is 1. The molecule has 4 heteroatoms. The molecule has 28 heavy (non-hydrogen) atoms. The summed E-state index contributed by atoms with van der Waals surface area (Å²) in [6.07, 6.45) is 5.15. The van der Waals surface area contributed by atoms with Gasteiger partial charge in [-0.2, -0.15) is 0 Å². The molecule has 0 bridgehead atoms. The zero-order valence-corrected chi connectivity index (χ0v) is 16.4. The van der Waals surface area contributed by atoms with Crippen LogP contribution >= 0.6 is 0 Å². The summed E-state index contributed by atoms with van der Waals surface area (Å²) in [7, 11) is 1.49. The summed E-state index contributed by atoms with van der Waals surface area (Å²) in [6, 6.07) is 14.1.